The maximum atomic E-state index is 13.0. The van der Waals surface area contributed by atoms with Crippen molar-refractivity contribution in [3.63, 3.8) is 0 Å². The minimum absolute atomic E-state index is 0.0719. The van der Waals surface area contributed by atoms with Crippen LogP contribution in [0.15, 0.2) is 124 Å². The number of nitrogens with zero attached hydrogens (tertiary/aromatic N) is 18. The fraction of sp³-hybridized carbons (Fsp3) is 0.425. The van der Waals surface area contributed by atoms with Gasteiger partial charge in [0, 0.05) is 43.3 Å². The van der Waals surface area contributed by atoms with E-state index in [0.29, 0.717) is 68.9 Å². The number of piperidine rings is 3. The van der Waals surface area contributed by atoms with E-state index in [2.05, 4.69) is 97.8 Å². The van der Waals surface area contributed by atoms with E-state index in [1.165, 1.54) is 29.7 Å². The molecule has 0 spiro atoms. The SMILES string of the molecule is CCCN1CCC(c2ccc3nc(-c4cc5c(CC)nc(C)cn5n4)cc(=O)n3c2)CC1.CCc1nc(C)cn2nc(-c3cc(=O)n4cc(C5CCN(CC)CC5)ccc4n3)cc12.CCc1nc(C)cn2nc(-c3cc(=O)n4cc(C5CCN(CCO)CC5)ccc4n3)cc12. The molecule has 22 nitrogen and oxygen atoms in total. The zero-order chi connectivity index (χ0) is 66.0. The molecule has 3 aliphatic heterocycles. The molecule has 0 atom stereocenters. The molecule has 3 aliphatic rings. The number of hydrogen-bond acceptors (Lipinski definition) is 16. The van der Waals surface area contributed by atoms with Gasteiger partial charge in [0.15, 0.2) is 0 Å². The highest BCUT2D eigenvalue weighted by Gasteiger charge is 2.25. The maximum Gasteiger partial charge on any atom is 0.258 e. The molecule has 0 aromatic carbocycles. The molecular formula is C73H86N18O4. The Morgan fingerprint density at radius 2 is 0.705 bits per heavy atom. The molecule has 15 rings (SSSR count). The van der Waals surface area contributed by atoms with Gasteiger partial charge in [0.05, 0.1) is 93.0 Å². The first kappa shape index (κ1) is 64.5. The van der Waals surface area contributed by atoms with E-state index in [4.69, 9.17) is 20.1 Å². The number of aromatic nitrogens is 15. The average Bonchev–Trinajstić information content (AvgIpc) is 1.75. The number of rotatable bonds is 14. The molecule has 0 bridgehead atoms. The lowest BCUT2D eigenvalue weighted by Gasteiger charge is -2.31. The van der Waals surface area contributed by atoms with E-state index in [1.54, 1.807) is 31.4 Å². The van der Waals surface area contributed by atoms with Crippen LogP contribution in [0.2, 0.25) is 0 Å². The molecular weight excluding hydrogens is 1190 g/mol. The van der Waals surface area contributed by atoms with E-state index >= 15 is 0 Å². The van der Waals surface area contributed by atoms with Gasteiger partial charge in [0.1, 0.15) is 34.0 Å². The van der Waals surface area contributed by atoms with Crippen LogP contribution in [0.25, 0.3) is 67.7 Å². The molecule has 0 saturated carbocycles. The van der Waals surface area contributed by atoms with Crippen LogP contribution in [0.3, 0.4) is 0 Å². The minimum Gasteiger partial charge on any atom is -0.395 e. The van der Waals surface area contributed by atoms with Gasteiger partial charge in [0.25, 0.3) is 16.7 Å². The van der Waals surface area contributed by atoms with E-state index in [0.717, 1.165) is 161 Å². The first-order chi connectivity index (χ1) is 46.2. The molecule has 0 radical (unpaired) electrons. The molecule has 0 aliphatic carbocycles. The number of pyridine rings is 3. The minimum atomic E-state index is -0.105. The van der Waals surface area contributed by atoms with Gasteiger partial charge in [0.2, 0.25) is 0 Å². The van der Waals surface area contributed by atoms with E-state index in [-0.39, 0.29) is 23.3 Å². The summed E-state index contributed by atoms with van der Waals surface area (Å²) in [6, 6.07) is 22.9. The Balaban J connectivity index is 0.000000129. The molecule has 1 N–H and O–H groups in total. The molecule has 95 heavy (non-hydrogen) atoms. The Kier molecular flexibility index (Phi) is 19.0. The fourth-order valence-corrected chi connectivity index (χ4v) is 14.2. The van der Waals surface area contributed by atoms with Gasteiger partial charge in [-0.25, -0.2) is 28.5 Å². The second-order valence-electron chi connectivity index (χ2n) is 25.8. The van der Waals surface area contributed by atoms with E-state index < -0.39 is 0 Å². The lowest BCUT2D eigenvalue weighted by atomic mass is 9.90. The summed E-state index contributed by atoms with van der Waals surface area (Å²) < 4.78 is 10.5. The predicted octanol–water partition coefficient (Wildman–Crippen LogP) is 9.79. The third-order valence-electron chi connectivity index (χ3n) is 19.4. The van der Waals surface area contributed by atoms with Crippen molar-refractivity contribution in [2.75, 3.05) is 65.5 Å². The summed E-state index contributed by atoms with van der Waals surface area (Å²) in [7, 11) is 0. The molecule has 3 saturated heterocycles. The largest absolute Gasteiger partial charge is 0.395 e. The number of aliphatic hydroxyl groups is 1. The third-order valence-corrected chi connectivity index (χ3v) is 19.4. The summed E-state index contributed by atoms with van der Waals surface area (Å²) in [5.74, 6) is 1.42. The summed E-state index contributed by atoms with van der Waals surface area (Å²) in [5, 5.41) is 23.1. The van der Waals surface area contributed by atoms with Gasteiger partial charge in [-0.05, 0) is 208 Å². The molecule has 0 unspecified atom stereocenters. The van der Waals surface area contributed by atoms with E-state index in [9.17, 15) is 14.4 Å². The number of aryl methyl sites for hydroxylation is 6. The number of hydrogen-bond donors (Lipinski definition) is 1. The molecule has 15 heterocycles. The van der Waals surface area contributed by atoms with Crippen molar-refractivity contribution in [2.24, 2.45) is 0 Å². The molecule has 22 heteroatoms. The zero-order valence-corrected chi connectivity index (χ0v) is 56.0. The number of β-amino-alcohol motifs (C(OH)–C–C–N with tert-alkyl or cyclic N) is 1. The summed E-state index contributed by atoms with van der Waals surface area (Å²) in [6.45, 7) is 26.2. The first-order valence-electron chi connectivity index (χ1n) is 34.1. The highest BCUT2D eigenvalue weighted by atomic mass is 16.3. The van der Waals surface area contributed by atoms with Crippen LogP contribution in [-0.2, 0) is 19.3 Å². The van der Waals surface area contributed by atoms with Crippen LogP contribution in [0.5, 0.6) is 0 Å². The second-order valence-corrected chi connectivity index (χ2v) is 25.8. The predicted molar refractivity (Wildman–Crippen MR) is 371 cm³/mol. The normalized spacial score (nSPS) is 15.8. The van der Waals surface area contributed by atoms with Gasteiger partial charge >= 0.3 is 0 Å². The van der Waals surface area contributed by atoms with Crippen LogP contribution in [0, 0.1) is 20.8 Å². The van der Waals surface area contributed by atoms with Gasteiger partial charge in [-0.2, -0.15) is 15.3 Å². The van der Waals surface area contributed by atoms with Crippen molar-refractivity contribution in [1.29, 1.82) is 0 Å². The smallest absolute Gasteiger partial charge is 0.258 e. The molecule has 3 fully saturated rings. The highest BCUT2D eigenvalue weighted by Crippen LogP contribution is 2.32. The summed E-state index contributed by atoms with van der Waals surface area (Å²) >= 11 is 0. The van der Waals surface area contributed by atoms with Crippen LogP contribution in [0.1, 0.15) is 148 Å². The Labute approximate surface area is 551 Å². The average molecular weight is 1280 g/mol. The van der Waals surface area contributed by atoms with Crippen LogP contribution < -0.4 is 16.7 Å². The summed E-state index contributed by atoms with van der Waals surface area (Å²) in [4.78, 5) is 74.3. The molecule has 492 valence electrons. The first-order valence-corrected chi connectivity index (χ1v) is 34.1. The van der Waals surface area contributed by atoms with Gasteiger partial charge < -0.3 is 19.8 Å². The van der Waals surface area contributed by atoms with Gasteiger partial charge in [-0.1, -0.05) is 52.8 Å². The van der Waals surface area contributed by atoms with Crippen molar-refractivity contribution in [3.8, 4) is 34.2 Å². The monoisotopic (exact) mass is 1280 g/mol. The van der Waals surface area contributed by atoms with Crippen molar-refractivity contribution < 1.29 is 5.11 Å². The Hall–Kier alpha value is -9.22. The highest BCUT2D eigenvalue weighted by molar-refractivity contribution is 5.69. The third kappa shape index (κ3) is 13.7. The Morgan fingerprint density at radius 3 is 1.00 bits per heavy atom. The summed E-state index contributed by atoms with van der Waals surface area (Å²) in [5.41, 5.74) is 17.7. The van der Waals surface area contributed by atoms with E-state index in [1.807, 2.05) is 108 Å². The van der Waals surface area contributed by atoms with Gasteiger partial charge in [-0.15, -0.1) is 0 Å². The van der Waals surface area contributed by atoms with Crippen molar-refractivity contribution in [3.05, 3.63) is 192 Å². The quantitative estimate of drug-likeness (QED) is 0.107. The maximum absolute atomic E-state index is 13.0. The van der Waals surface area contributed by atoms with Crippen molar-refractivity contribution in [2.45, 2.75) is 137 Å². The topological polar surface area (TPSA) is 224 Å². The van der Waals surface area contributed by atoms with Crippen molar-refractivity contribution >= 4 is 33.5 Å². The summed E-state index contributed by atoms with van der Waals surface area (Å²) in [6.07, 6.45) is 21.9. The Bertz CT molecular complexity index is 4750. The molecule has 12 aromatic heterocycles. The lowest BCUT2D eigenvalue weighted by molar-refractivity contribution is 0.164. The number of aliphatic hydroxyl groups excluding tert-OH is 1. The number of fused-ring (bicyclic) bond motifs is 6. The lowest BCUT2D eigenvalue weighted by Crippen LogP contribution is -2.35. The standard InChI is InChI=1S/C25H30N6O.C24H28N6O2.C24H28N6O/c1-4-10-29-11-8-18(9-12-29)19-6-7-24-27-21(14-25(32)30(24)16-19)22-13-23-20(5-2)26-17(3)15-31(23)28-22;1-3-19-22-12-21(27-30(22)14-16(2)25-19)20-13-24(32)29-15-18(4-5-23(29)26-20)17-6-8-28(9-7-17)10-11-31;1-4-19-22-12-21(27-30(22)14-16(3)25-19)20-13-24(31)29-15-18(6-7-23(29)26-20)17-8-10-28(5-2)11-9-17/h6-7,13-16,18H,4-5,8-12H2,1-3H3;4-5,12-15,17,31H,3,6-11H2,1-2H3;6-7,12-15,17H,4-5,8-11H2,1-3H3. The van der Waals surface area contributed by atoms with Gasteiger partial charge in [-0.3, -0.25) is 42.5 Å². The second kappa shape index (κ2) is 28.0. The van der Waals surface area contributed by atoms with Crippen LogP contribution in [0.4, 0.5) is 0 Å². The number of likely N-dealkylation sites (tertiary alicyclic amines) is 3. The molecule has 0 amide bonds. The fourth-order valence-electron chi connectivity index (χ4n) is 14.2. The zero-order valence-electron chi connectivity index (χ0n) is 56.0. The van der Waals surface area contributed by atoms with Crippen LogP contribution in [-0.4, -0.2) is 157 Å². The van der Waals surface area contributed by atoms with Crippen LogP contribution >= 0.6 is 0 Å². The Morgan fingerprint density at radius 1 is 0.389 bits per heavy atom. The van der Waals surface area contributed by atoms with Crippen molar-refractivity contribution in [1.82, 2.24) is 86.6 Å². The molecule has 12 aromatic rings.